The monoisotopic (exact) mass is 296 g/mol. The molecule has 0 radical (unpaired) electrons. The zero-order valence-electron chi connectivity index (χ0n) is 11.5. The molecule has 1 fully saturated rings. The average molecular weight is 296 g/mol. The highest BCUT2D eigenvalue weighted by Crippen LogP contribution is 2.18. The third kappa shape index (κ3) is 3.91. The smallest absolute Gasteiger partial charge is 0.304 e. The van der Waals surface area contributed by atoms with E-state index in [4.69, 9.17) is 5.11 Å². The predicted octanol–water partition coefficient (Wildman–Crippen LogP) is 0.764. The molecular formula is C14H17FN2O4. The van der Waals surface area contributed by atoms with Crippen molar-refractivity contribution in [2.75, 3.05) is 32.7 Å². The SMILES string of the molecule is O=C(O)CCN1CCN(C(=O)c2ccc(F)c(O)c2)CC1. The van der Waals surface area contributed by atoms with Crippen molar-refractivity contribution < 1.29 is 24.2 Å². The van der Waals surface area contributed by atoms with Gasteiger partial charge >= 0.3 is 5.97 Å². The summed E-state index contributed by atoms with van der Waals surface area (Å²) < 4.78 is 13.0. The molecule has 1 saturated heterocycles. The molecule has 6 nitrogen and oxygen atoms in total. The summed E-state index contributed by atoms with van der Waals surface area (Å²) in [6.45, 7) is 2.64. The van der Waals surface area contributed by atoms with Crippen molar-refractivity contribution in [3.63, 3.8) is 0 Å². The fourth-order valence-corrected chi connectivity index (χ4v) is 2.26. The standard InChI is InChI=1S/C14H17FN2O4/c15-11-2-1-10(9-12(11)18)14(21)17-7-5-16(6-8-17)4-3-13(19)20/h1-2,9,18H,3-8H2,(H,19,20). The molecule has 1 aromatic carbocycles. The van der Waals surface area contributed by atoms with Crippen LogP contribution in [0.1, 0.15) is 16.8 Å². The average Bonchev–Trinajstić information content (AvgIpc) is 2.48. The molecule has 21 heavy (non-hydrogen) atoms. The first-order valence-corrected chi connectivity index (χ1v) is 6.69. The second-order valence-electron chi connectivity index (χ2n) is 4.94. The molecule has 0 atom stereocenters. The second-order valence-corrected chi connectivity index (χ2v) is 4.94. The number of benzene rings is 1. The summed E-state index contributed by atoms with van der Waals surface area (Å²) in [5.74, 6) is -2.40. The van der Waals surface area contributed by atoms with Crippen molar-refractivity contribution in [1.82, 2.24) is 9.80 Å². The van der Waals surface area contributed by atoms with Gasteiger partial charge in [0.1, 0.15) is 0 Å². The Morgan fingerprint density at radius 1 is 1.19 bits per heavy atom. The van der Waals surface area contributed by atoms with Gasteiger partial charge in [0.15, 0.2) is 11.6 Å². The van der Waals surface area contributed by atoms with Gasteiger partial charge in [-0.1, -0.05) is 0 Å². The lowest BCUT2D eigenvalue weighted by Crippen LogP contribution is -2.49. The molecule has 0 saturated carbocycles. The minimum absolute atomic E-state index is 0.0831. The summed E-state index contributed by atoms with van der Waals surface area (Å²) in [4.78, 5) is 26.3. The number of rotatable bonds is 4. The van der Waals surface area contributed by atoms with Crippen molar-refractivity contribution in [2.45, 2.75) is 6.42 Å². The number of hydrogen-bond acceptors (Lipinski definition) is 4. The first-order valence-electron chi connectivity index (χ1n) is 6.69. The minimum Gasteiger partial charge on any atom is -0.505 e. The zero-order chi connectivity index (χ0) is 15.4. The highest BCUT2D eigenvalue weighted by Gasteiger charge is 2.22. The van der Waals surface area contributed by atoms with Crippen molar-refractivity contribution in [3.8, 4) is 5.75 Å². The summed E-state index contributed by atoms with van der Waals surface area (Å²) in [5.41, 5.74) is 0.243. The summed E-state index contributed by atoms with van der Waals surface area (Å²) in [5, 5.41) is 17.9. The van der Waals surface area contributed by atoms with Crippen LogP contribution in [0.15, 0.2) is 18.2 Å². The topological polar surface area (TPSA) is 81.1 Å². The van der Waals surface area contributed by atoms with E-state index in [1.807, 2.05) is 4.90 Å². The number of carbonyl (C=O) groups excluding carboxylic acids is 1. The number of aliphatic carboxylic acids is 1. The summed E-state index contributed by atoms with van der Waals surface area (Å²) in [6.07, 6.45) is 0.0831. The van der Waals surface area contributed by atoms with Crippen LogP contribution in [0.25, 0.3) is 0 Å². The molecule has 1 aromatic rings. The minimum atomic E-state index is -0.838. The number of hydrogen-bond donors (Lipinski definition) is 2. The fourth-order valence-electron chi connectivity index (χ4n) is 2.26. The highest BCUT2D eigenvalue weighted by molar-refractivity contribution is 5.94. The number of piperazine rings is 1. The third-order valence-corrected chi connectivity index (χ3v) is 3.49. The van der Waals surface area contributed by atoms with E-state index in [0.717, 1.165) is 12.1 Å². The fraction of sp³-hybridized carbons (Fsp3) is 0.429. The number of halogens is 1. The van der Waals surface area contributed by atoms with Gasteiger partial charge in [-0.3, -0.25) is 14.5 Å². The molecule has 0 bridgehead atoms. The second kappa shape index (κ2) is 6.53. The molecule has 2 N–H and O–H groups in total. The number of carboxylic acid groups (broad SMARTS) is 1. The van der Waals surface area contributed by atoms with Gasteiger partial charge in [0.25, 0.3) is 5.91 Å². The number of phenolic OH excluding ortho intramolecular Hbond substituents is 1. The van der Waals surface area contributed by atoms with E-state index in [-0.39, 0.29) is 17.9 Å². The van der Waals surface area contributed by atoms with Gasteiger partial charge in [0.2, 0.25) is 0 Å². The molecule has 1 aliphatic heterocycles. The molecule has 1 aliphatic rings. The van der Waals surface area contributed by atoms with Gasteiger partial charge in [-0.15, -0.1) is 0 Å². The normalized spacial score (nSPS) is 16.0. The Kier molecular flexibility index (Phi) is 4.74. The molecule has 1 amide bonds. The lowest BCUT2D eigenvalue weighted by Gasteiger charge is -2.34. The maximum absolute atomic E-state index is 13.0. The van der Waals surface area contributed by atoms with Gasteiger partial charge < -0.3 is 15.1 Å². The number of aromatic hydroxyl groups is 1. The van der Waals surface area contributed by atoms with Gasteiger partial charge in [0.05, 0.1) is 6.42 Å². The van der Waals surface area contributed by atoms with Crippen LogP contribution >= 0.6 is 0 Å². The highest BCUT2D eigenvalue weighted by atomic mass is 19.1. The number of carboxylic acids is 1. The molecule has 7 heteroatoms. The third-order valence-electron chi connectivity index (χ3n) is 3.49. The summed E-state index contributed by atoms with van der Waals surface area (Å²) in [7, 11) is 0. The van der Waals surface area contributed by atoms with E-state index in [1.54, 1.807) is 4.90 Å². The molecule has 0 aliphatic carbocycles. The van der Waals surface area contributed by atoms with Crippen LogP contribution in [0.2, 0.25) is 0 Å². The van der Waals surface area contributed by atoms with Crippen LogP contribution in [-0.2, 0) is 4.79 Å². The molecule has 2 rings (SSSR count). The maximum Gasteiger partial charge on any atom is 0.304 e. The number of phenols is 1. The van der Waals surface area contributed by atoms with Crippen molar-refractivity contribution in [2.24, 2.45) is 0 Å². The van der Waals surface area contributed by atoms with E-state index in [9.17, 15) is 19.1 Å². The van der Waals surface area contributed by atoms with Gasteiger partial charge in [-0.2, -0.15) is 0 Å². The van der Waals surface area contributed by atoms with Crippen LogP contribution in [0, 0.1) is 5.82 Å². The molecule has 0 aromatic heterocycles. The van der Waals surface area contributed by atoms with Crippen LogP contribution in [0.5, 0.6) is 5.75 Å². The van der Waals surface area contributed by atoms with Crippen LogP contribution in [-0.4, -0.2) is 64.6 Å². The van der Waals surface area contributed by atoms with Crippen LogP contribution in [0.4, 0.5) is 4.39 Å². The Morgan fingerprint density at radius 3 is 2.43 bits per heavy atom. The van der Waals surface area contributed by atoms with E-state index < -0.39 is 17.5 Å². The summed E-state index contributed by atoms with van der Waals surface area (Å²) in [6, 6.07) is 3.52. The number of carbonyl (C=O) groups is 2. The Balaban J connectivity index is 1.90. The van der Waals surface area contributed by atoms with Crippen molar-refractivity contribution in [3.05, 3.63) is 29.6 Å². The van der Waals surface area contributed by atoms with Gasteiger partial charge in [-0.05, 0) is 18.2 Å². The lowest BCUT2D eigenvalue weighted by atomic mass is 10.1. The largest absolute Gasteiger partial charge is 0.505 e. The number of amides is 1. The van der Waals surface area contributed by atoms with Crippen molar-refractivity contribution >= 4 is 11.9 Å². The maximum atomic E-state index is 13.0. The molecule has 0 unspecified atom stereocenters. The van der Waals surface area contributed by atoms with Crippen molar-refractivity contribution in [1.29, 1.82) is 0 Å². The van der Waals surface area contributed by atoms with Gasteiger partial charge in [-0.25, -0.2) is 4.39 Å². The Labute approximate surface area is 121 Å². The molecule has 114 valence electrons. The van der Waals surface area contributed by atoms with Crippen LogP contribution < -0.4 is 0 Å². The first kappa shape index (κ1) is 15.2. The Hall–Kier alpha value is -2.15. The van der Waals surface area contributed by atoms with Crippen LogP contribution in [0.3, 0.4) is 0 Å². The first-order chi connectivity index (χ1) is 9.97. The van der Waals surface area contributed by atoms with E-state index >= 15 is 0 Å². The zero-order valence-corrected chi connectivity index (χ0v) is 11.5. The van der Waals surface area contributed by atoms with E-state index in [1.165, 1.54) is 6.07 Å². The molecule has 0 spiro atoms. The lowest BCUT2D eigenvalue weighted by molar-refractivity contribution is -0.137. The quantitative estimate of drug-likeness (QED) is 0.857. The van der Waals surface area contributed by atoms with E-state index in [0.29, 0.717) is 32.7 Å². The predicted molar refractivity (Wildman–Crippen MR) is 72.7 cm³/mol. The Bertz CT molecular complexity index is 542. The van der Waals surface area contributed by atoms with E-state index in [2.05, 4.69) is 0 Å². The van der Waals surface area contributed by atoms with Gasteiger partial charge in [0, 0.05) is 38.3 Å². The number of nitrogens with zero attached hydrogens (tertiary/aromatic N) is 2. The molecular weight excluding hydrogens is 279 g/mol. The summed E-state index contributed by atoms with van der Waals surface area (Å²) >= 11 is 0. The Morgan fingerprint density at radius 2 is 1.86 bits per heavy atom. The molecule has 1 heterocycles.